The van der Waals surface area contributed by atoms with Gasteiger partial charge in [0.1, 0.15) is 0 Å². The number of rotatable bonds is 5. The zero-order chi connectivity index (χ0) is 16.8. The Labute approximate surface area is 144 Å². The van der Waals surface area contributed by atoms with Crippen molar-refractivity contribution < 1.29 is 14.6 Å². The molecule has 1 saturated heterocycles. The molecule has 0 bridgehead atoms. The van der Waals surface area contributed by atoms with Gasteiger partial charge in [-0.15, -0.1) is 0 Å². The number of carbonyl (C=O) groups excluding carboxylic acids is 1. The lowest BCUT2D eigenvalue weighted by molar-refractivity contribution is 0.0342. The van der Waals surface area contributed by atoms with E-state index in [0.717, 1.165) is 64.1 Å². The first-order valence-corrected chi connectivity index (χ1v) is 9.05. The van der Waals surface area contributed by atoms with E-state index in [1.807, 2.05) is 18.2 Å². The largest absolute Gasteiger partial charge is 0.396 e. The molecular weight excluding hydrogens is 304 g/mol. The summed E-state index contributed by atoms with van der Waals surface area (Å²) >= 11 is 0. The Morgan fingerprint density at radius 3 is 2.67 bits per heavy atom. The summed E-state index contributed by atoms with van der Waals surface area (Å²) in [5, 5.41) is 12.4. The van der Waals surface area contributed by atoms with Crippen molar-refractivity contribution in [2.75, 3.05) is 32.9 Å². The zero-order valence-electron chi connectivity index (χ0n) is 14.2. The van der Waals surface area contributed by atoms with Crippen LogP contribution in [0.4, 0.5) is 0 Å². The Kier molecular flexibility index (Phi) is 6.24. The summed E-state index contributed by atoms with van der Waals surface area (Å²) in [7, 11) is 0. The molecule has 2 N–H and O–H groups in total. The van der Waals surface area contributed by atoms with Crippen molar-refractivity contribution in [1.29, 1.82) is 0 Å². The minimum atomic E-state index is 0.0197. The average Bonchev–Trinajstić information content (AvgIpc) is 2.63. The molecule has 1 heterocycles. The van der Waals surface area contributed by atoms with E-state index in [4.69, 9.17) is 4.74 Å². The molecule has 0 atom stereocenters. The number of aliphatic hydroxyl groups excluding tert-OH is 1. The van der Waals surface area contributed by atoms with Crippen LogP contribution in [-0.4, -0.2) is 54.9 Å². The van der Waals surface area contributed by atoms with E-state index in [0.29, 0.717) is 5.92 Å². The van der Waals surface area contributed by atoms with E-state index in [1.54, 1.807) is 0 Å². The molecule has 0 spiro atoms. The van der Waals surface area contributed by atoms with Crippen LogP contribution in [0.25, 0.3) is 0 Å². The predicted octanol–water partition coefficient (Wildman–Crippen LogP) is 1.80. The molecule has 1 aliphatic heterocycles. The minimum absolute atomic E-state index is 0.0197. The molecule has 2 fully saturated rings. The highest BCUT2D eigenvalue weighted by molar-refractivity contribution is 5.94. The Morgan fingerprint density at radius 1 is 1.21 bits per heavy atom. The van der Waals surface area contributed by atoms with Crippen LogP contribution in [0, 0.1) is 5.92 Å². The molecule has 5 heteroatoms. The molecule has 1 aliphatic carbocycles. The zero-order valence-corrected chi connectivity index (χ0v) is 14.2. The van der Waals surface area contributed by atoms with E-state index in [-0.39, 0.29) is 18.6 Å². The lowest BCUT2D eigenvalue weighted by Crippen LogP contribution is -2.38. The Bertz CT molecular complexity index is 535. The summed E-state index contributed by atoms with van der Waals surface area (Å²) in [4.78, 5) is 14.9. The second-order valence-corrected chi connectivity index (χ2v) is 6.96. The average molecular weight is 332 g/mol. The molecule has 1 aromatic carbocycles. The van der Waals surface area contributed by atoms with Crippen molar-refractivity contribution in [3.8, 4) is 0 Å². The van der Waals surface area contributed by atoms with Gasteiger partial charge in [0.25, 0.3) is 5.91 Å². The van der Waals surface area contributed by atoms with Gasteiger partial charge in [0, 0.05) is 37.8 Å². The van der Waals surface area contributed by atoms with Crippen molar-refractivity contribution in [1.82, 2.24) is 10.2 Å². The third-order valence-corrected chi connectivity index (χ3v) is 5.14. The Balaban J connectivity index is 1.54. The molecule has 0 aromatic heterocycles. The van der Waals surface area contributed by atoms with Gasteiger partial charge in [-0.3, -0.25) is 9.69 Å². The number of aliphatic hydroxyl groups is 1. The second kappa shape index (κ2) is 8.60. The first kappa shape index (κ1) is 17.4. The summed E-state index contributed by atoms with van der Waals surface area (Å²) in [5.74, 6) is 0.432. The van der Waals surface area contributed by atoms with Crippen LogP contribution in [0.3, 0.4) is 0 Å². The van der Waals surface area contributed by atoms with Gasteiger partial charge in [-0.25, -0.2) is 0 Å². The highest BCUT2D eigenvalue weighted by Gasteiger charge is 2.22. The summed E-state index contributed by atoms with van der Waals surface area (Å²) in [6, 6.07) is 8.18. The maximum Gasteiger partial charge on any atom is 0.251 e. The molecule has 1 saturated carbocycles. The maximum atomic E-state index is 12.5. The highest BCUT2D eigenvalue weighted by atomic mass is 16.5. The van der Waals surface area contributed by atoms with E-state index in [2.05, 4.69) is 16.3 Å². The molecule has 0 unspecified atom stereocenters. The van der Waals surface area contributed by atoms with Crippen LogP contribution in [0.2, 0.25) is 0 Å². The van der Waals surface area contributed by atoms with Crippen molar-refractivity contribution in [3.05, 3.63) is 35.4 Å². The van der Waals surface area contributed by atoms with Crippen LogP contribution in [0.15, 0.2) is 24.3 Å². The maximum absolute atomic E-state index is 12.5. The second-order valence-electron chi connectivity index (χ2n) is 6.96. The third-order valence-electron chi connectivity index (χ3n) is 5.14. The van der Waals surface area contributed by atoms with Crippen molar-refractivity contribution in [2.45, 2.75) is 38.3 Å². The van der Waals surface area contributed by atoms with Crippen LogP contribution in [-0.2, 0) is 11.3 Å². The number of benzene rings is 1. The fourth-order valence-corrected chi connectivity index (χ4v) is 3.59. The smallest absolute Gasteiger partial charge is 0.251 e. The van der Waals surface area contributed by atoms with Gasteiger partial charge in [0.05, 0.1) is 13.2 Å². The van der Waals surface area contributed by atoms with Gasteiger partial charge in [-0.1, -0.05) is 12.1 Å². The molecule has 24 heavy (non-hydrogen) atoms. The van der Waals surface area contributed by atoms with E-state index in [1.165, 1.54) is 5.56 Å². The summed E-state index contributed by atoms with van der Waals surface area (Å²) in [6.45, 7) is 4.61. The van der Waals surface area contributed by atoms with Crippen LogP contribution in [0.5, 0.6) is 0 Å². The predicted molar refractivity (Wildman–Crippen MR) is 92.8 cm³/mol. The number of ether oxygens (including phenoxy) is 1. The van der Waals surface area contributed by atoms with Gasteiger partial charge in [0.2, 0.25) is 0 Å². The highest BCUT2D eigenvalue weighted by Crippen LogP contribution is 2.24. The first-order valence-electron chi connectivity index (χ1n) is 9.05. The van der Waals surface area contributed by atoms with Crippen LogP contribution >= 0.6 is 0 Å². The number of hydrogen-bond donors (Lipinski definition) is 2. The summed E-state index contributed by atoms with van der Waals surface area (Å²) in [5.41, 5.74) is 1.92. The van der Waals surface area contributed by atoms with E-state index in [9.17, 15) is 9.90 Å². The van der Waals surface area contributed by atoms with Crippen molar-refractivity contribution >= 4 is 5.91 Å². The van der Waals surface area contributed by atoms with Crippen LogP contribution in [0.1, 0.15) is 41.6 Å². The summed E-state index contributed by atoms with van der Waals surface area (Å²) < 4.78 is 5.38. The lowest BCUT2D eigenvalue weighted by atomic mass is 9.86. The van der Waals surface area contributed by atoms with Gasteiger partial charge >= 0.3 is 0 Å². The molecular formula is C19H28N2O3. The number of hydrogen-bond acceptors (Lipinski definition) is 4. The lowest BCUT2D eigenvalue weighted by Gasteiger charge is -2.28. The van der Waals surface area contributed by atoms with E-state index < -0.39 is 0 Å². The first-order chi connectivity index (χ1) is 11.7. The molecule has 2 aliphatic rings. The fraction of sp³-hybridized carbons (Fsp3) is 0.632. The number of amides is 1. The topological polar surface area (TPSA) is 61.8 Å². The van der Waals surface area contributed by atoms with Crippen molar-refractivity contribution in [3.63, 3.8) is 0 Å². The monoisotopic (exact) mass is 332 g/mol. The summed E-state index contributed by atoms with van der Waals surface area (Å²) in [6.07, 6.45) is 3.92. The fourth-order valence-electron chi connectivity index (χ4n) is 3.59. The Morgan fingerprint density at radius 2 is 1.96 bits per heavy atom. The number of nitrogens with zero attached hydrogens (tertiary/aromatic N) is 1. The van der Waals surface area contributed by atoms with Gasteiger partial charge in [-0.05, 0) is 49.3 Å². The van der Waals surface area contributed by atoms with E-state index >= 15 is 0 Å². The third kappa shape index (κ3) is 4.79. The Hall–Kier alpha value is -1.43. The molecule has 0 radical (unpaired) electrons. The minimum Gasteiger partial charge on any atom is -0.396 e. The SMILES string of the molecule is O=C(NC1CCC(CO)CC1)c1cccc(CN2CCOCC2)c1. The molecule has 1 amide bonds. The van der Waals surface area contributed by atoms with Crippen LogP contribution < -0.4 is 5.32 Å². The van der Waals surface area contributed by atoms with Gasteiger partial charge < -0.3 is 15.2 Å². The molecule has 132 valence electrons. The number of morpholine rings is 1. The normalized spacial score (nSPS) is 25.4. The quantitative estimate of drug-likeness (QED) is 0.863. The van der Waals surface area contributed by atoms with Gasteiger partial charge in [-0.2, -0.15) is 0 Å². The molecule has 5 nitrogen and oxygen atoms in total. The van der Waals surface area contributed by atoms with Crippen molar-refractivity contribution in [2.24, 2.45) is 5.92 Å². The molecule has 1 aromatic rings. The number of nitrogens with one attached hydrogen (secondary N) is 1. The molecule has 3 rings (SSSR count). The van der Waals surface area contributed by atoms with Gasteiger partial charge in [0.15, 0.2) is 0 Å². The number of carbonyl (C=O) groups is 1. The standard InChI is InChI=1S/C19H28N2O3/c22-14-15-4-6-18(7-5-15)20-19(23)17-3-1-2-16(12-17)13-21-8-10-24-11-9-21/h1-3,12,15,18,22H,4-11,13-14H2,(H,20,23).